The number of hydrogen-bond acceptors (Lipinski definition) is 11. The van der Waals surface area contributed by atoms with E-state index in [1.54, 1.807) is 25.9 Å². The van der Waals surface area contributed by atoms with Crippen LogP contribution in [0.5, 0.6) is 17.2 Å². The Morgan fingerprint density at radius 2 is 1.78 bits per heavy atom. The molecule has 3 N–H and O–H groups in total. The smallest absolute Gasteiger partial charge is 0.203 e. The van der Waals surface area contributed by atoms with Gasteiger partial charge in [-0.25, -0.2) is 15.0 Å². The second-order valence-electron chi connectivity index (χ2n) is 8.49. The van der Waals surface area contributed by atoms with Crippen molar-refractivity contribution in [3.63, 3.8) is 0 Å². The van der Waals surface area contributed by atoms with E-state index in [1.165, 1.54) is 12.7 Å². The van der Waals surface area contributed by atoms with Crippen LogP contribution in [0.15, 0.2) is 24.8 Å². The number of aliphatic hydroxyl groups is 2. The van der Waals surface area contributed by atoms with E-state index < -0.39 is 24.5 Å². The van der Waals surface area contributed by atoms with Crippen molar-refractivity contribution in [3.8, 4) is 17.2 Å². The van der Waals surface area contributed by atoms with Gasteiger partial charge in [-0.1, -0.05) is 6.92 Å². The van der Waals surface area contributed by atoms with E-state index in [9.17, 15) is 10.2 Å². The van der Waals surface area contributed by atoms with Crippen LogP contribution in [-0.4, -0.2) is 82.6 Å². The monoisotopic (exact) mass is 503 g/mol. The molecule has 2 aromatic heterocycles. The number of nitrogens with zero attached hydrogens (tertiary/aromatic N) is 4. The summed E-state index contributed by atoms with van der Waals surface area (Å²) < 4.78 is 29.4. The number of methoxy groups -OCH3 is 3. The van der Waals surface area contributed by atoms with Crippen LogP contribution in [0.3, 0.4) is 0 Å². The van der Waals surface area contributed by atoms with Crippen molar-refractivity contribution in [3.05, 3.63) is 30.4 Å². The fourth-order valence-electron chi connectivity index (χ4n) is 4.22. The first-order valence-electron chi connectivity index (χ1n) is 11.8. The highest BCUT2D eigenvalue weighted by Crippen LogP contribution is 2.40. The minimum Gasteiger partial charge on any atom is -0.493 e. The summed E-state index contributed by atoms with van der Waals surface area (Å²) >= 11 is 0. The van der Waals surface area contributed by atoms with Crippen LogP contribution in [0.4, 0.5) is 5.82 Å². The quantitative estimate of drug-likeness (QED) is 0.331. The molecule has 0 amide bonds. The zero-order chi connectivity index (χ0) is 25.8. The molecule has 3 aromatic rings. The number of imidazole rings is 1. The minimum atomic E-state index is -1.16. The fourth-order valence-corrected chi connectivity index (χ4v) is 4.22. The first-order chi connectivity index (χ1) is 17.4. The lowest BCUT2D eigenvalue weighted by atomic mass is 10.1. The van der Waals surface area contributed by atoms with Crippen LogP contribution in [0.25, 0.3) is 11.2 Å². The van der Waals surface area contributed by atoms with Gasteiger partial charge in [0.15, 0.2) is 34.7 Å². The van der Waals surface area contributed by atoms with Crippen molar-refractivity contribution >= 4 is 17.0 Å². The van der Waals surface area contributed by atoms with Crippen LogP contribution in [-0.2, 0) is 9.47 Å². The maximum absolute atomic E-state index is 10.6. The van der Waals surface area contributed by atoms with Crippen LogP contribution >= 0.6 is 0 Å². The van der Waals surface area contributed by atoms with Crippen LogP contribution in [0.1, 0.15) is 38.1 Å². The summed E-state index contributed by atoms with van der Waals surface area (Å²) in [5.74, 6) is 2.09. The van der Waals surface area contributed by atoms with Gasteiger partial charge in [-0.15, -0.1) is 0 Å². The first-order valence-corrected chi connectivity index (χ1v) is 11.8. The van der Waals surface area contributed by atoms with Gasteiger partial charge in [-0.2, -0.15) is 0 Å². The van der Waals surface area contributed by atoms with Gasteiger partial charge in [0.2, 0.25) is 5.75 Å². The Bertz CT molecular complexity index is 1150. The third-order valence-corrected chi connectivity index (χ3v) is 6.14. The molecule has 1 aromatic carbocycles. The molecule has 5 atom stereocenters. The summed E-state index contributed by atoms with van der Waals surface area (Å²) in [5.41, 5.74) is 1.83. The Morgan fingerprint density at radius 1 is 1.06 bits per heavy atom. The Kier molecular flexibility index (Phi) is 8.09. The number of ether oxygens (including phenoxy) is 5. The van der Waals surface area contributed by atoms with Crippen molar-refractivity contribution < 1.29 is 33.9 Å². The number of fused-ring (bicyclic) bond motifs is 1. The third-order valence-electron chi connectivity index (χ3n) is 6.14. The zero-order valence-corrected chi connectivity index (χ0v) is 21.0. The third kappa shape index (κ3) is 4.89. The van der Waals surface area contributed by atoms with Gasteiger partial charge in [0.25, 0.3) is 0 Å². The van der Waals surface area contributed by atoms with Gasteiger partial charge >= 0.3 is 0 Å². The predicted octanol–water partition coefficient (Wildman–Crippen LogP) is 2.07. The molecule has 12 nitrogen and oxygen atoms in total. The van der Waals surface area contributed by atoms with E-state index in [0.29, 0.717) is 40.8 Å². The number of nitrogens with one attached hydrogen (secondary N) is 1. The van der Waals surface area contributed by atoms with E-state index >= 15 is 0 Å². The molecular weight excluding hydrogens is 470 g/mol. The maximum atomic E-state index is 10.6. The van der Waals surface area contributed by atoms with Gasteiger partial charge in [-0.05, 0) is 31.0 Å². The van der Waals surface area contributed by atoms with Gasteiger partial charge in [0, 0.05) is 6.61 Å². The topological polar surface area (TPSA) is 142 Å². The standard InChI is InChI=1S/C24H33N5O7/c1-6-7-35-10-17-19(30)20(31)24(36-17)29-12-27-18-22(25-11-26-23(18)29)28-13(2)14-8-15(32-3)21(34-5)16(9-14)33-4/h8-9,11-13,17,19-20,24,30-31H,6-7,10H2,1-5H3,(H,25,26,28). The Balaban J connectivity index is 1.58. The molecule has 1 aliphatic rings. The molecule has 0 bridgehead atoms. The second kappa shape index (κ2) is 11.2. The highest BCUT2D eigenvalue weighted by atomic mass is 16.6. The summed E-state index contributed by atoms with van der Waals surface area (Å²) in [6, 6.07) is 3.51. The highest BCUT2D eigenvalue weighted by molar-refractivity contribution is 5.83. The number of aliphatic hydroxyl groups excluding tert-OH is 2. The van der Waals surface area contributed by atoms with Crippen molar-refractivity contribution in [2.24, 2.45) is 0 Å². The molecule has 3 heterocycles. The molecule has 1 fully saturated rings. The molecule has 12 heteroatoms. The molecule has 4 rings (SSSR count). The average Bonchev–Trinajstić information content (AvgIpc) is 3.44. The van der Waals surface area contributed by atoms with E-state index in [0.717, 1.165) is 12.0 Å². The Morgan fingerprint density at radius 3 is 2.42 bits per heavy atom. The average molecular weight is 504 g/mol. The van der Waals surface area contributed by atoms with Crippen molar-refractivity contribution in [1.82, 2.24) is 19.5 Å². The number of benzene rings is 1. The first kappa shape index (κ1) is 25.9. The molecule has 0 spiro atoms. The van der Waals surface area contributed by atoms with Gasteiger partial charge in [0.1, 0.15) is 24.6 Å². The minimum absolute atomic E-state index is 0.184. The summed E-state index contributed by atoms with van der Waals surface area (Å²) in [5, 5.41) is 24.5. The maximum Gasteiger partial charge on any atom is 0.203 e. The van der Waals surface area contributed by atoms with Crippen LogP contribution in [0, 0.1) is 0 Å². The molecular formula is C24H33N5O7. The van der Waals surface area contributed by atoms with E-state index in [-0.39, 0.29) is 12.6 Å². The highest BCUT2D eigenvalue weighted by Gasteiger charge is 2.44. The fraction of sp³-hybridized carbons (Fsp3) is 0.542. The lowest BCUT2D eigenvalue weighted by molar-refractivity contribution is -0.0652. The second-order valence-corrected chi connectivity index (χ2v) is 8.49. The van der Waals surface area contributed by atoms with E-state index in [4.69, 9.17) is 23.7 Å². The Labute approximate surface area is 209 Å². The largest absolute Gasteiger partial charge is 0.493 e. The Hall–Kier alpha value is -3.19. The summed E-state index contributed by atoms with van der Waals surface area (Å²) in [7, 11) is 4.69. The normalized spacial score (nSPS) is 22.5. The molecule has 0 aliphatic carbocycles. The van der Waals surface area contributed by atoms with Crippen molar-refractivity contribution in [2.75, 3.05) is 39.9 Å². The number of anilines is 1. The number of rotatable bonds is 11. The van der Waals surface area contributed by atoms with Gasteiger partial charge in [0.05, 0.1) is 40.3 Å². The van der Waals surface area contributed by atoms with Crippen molar-refractivity contribution in [1.29, 1.82) is 0 Å². The molecule has 0 saturated carbocycles. The molecule has 5 unspecified atom stereocenters. The number of aromatic nitrogens is 4. The predicted molar refractivity (Wildman–Crippen MR) is 130 cm³/mol. The van der Waals surface area contributed by atoms with Gasteiger partial charge in [-0.3, -0.25) is 4.57 Å². The molecule has 1 saturated heterocycles. The molecule has 36 heavy (non-hydrogen) atoms. The molecule has 1 aliphatic heterocycles. The van der Waals surface area contributed by atoms with Crippen LogP contribution in [0.2, 0.25) is 0 Å². The molecule has 0 radical (unpaired) electrons. The van der Waals surface area contributed by atoms with Crippen molar-refractivity contribution in [2.45, 2.75) is 50.8 Å². The van der Waals surface area contributed by atoms with E-state index in [2.05, 4.69) is 20.3 Å². The molecule has 196 valence electrons. The lowest BCUT2D eigenvalue weighted by Crippen LogP contribution is -2.33. The lowest BCUT2D eigenvalue weighted by Gasteiger charge is -2.19. The van der Waals surface area contributed by atoms with Gasteiger partial charge < -0.3 is 39.2 Å². The number of hydrogen-bond donors (Lipinski definition) is 3. The summed E-state index contributed by atoms with van der Waals surface area (Å²) in [4.78, 5) is 13.2. The summed E-state index contributed by atoms with van der Waals surface area (Å²) in [6.45, 7) is 4.69. The van der Waals surface area contributed by atoms with Crippen LogP contribution < -0.4 is 19.5 Å². The zero-order valence-electron chi connectivity index (χ0n) is 21.0. The summed E-state index contributed by atoms with van der Waals surface area (Å²) in [6.07, 6.45) is -0.00762. The SMILES string of the molecule is CCCOCC1OC(n2cnc3c(NC(C)c4cc(OC)c(OC)c(OC)c4)ncnc32)C(O)C1O. The van der Waals surface area contributed by atoms with E-state index in [1.807, 2.05) is 26.0 Å².